The maximum atomic E-state index is 10.5. The number of hydrogen-bond donors (Lipinski definition) is 3. The lowest BCUT2D eigenvalue weighted by molar-refractivity contribution is -0.138. The van der Waals surface area contributed by atoms with Crippen molar-refractivity contribution in [2.45, 2.75) is 38.1 Å². The number of hydrogen-bond acceptors (Lipinski definition) is 2. The largest absolute Gasteiger partial charge is 0.481 e. The summed E-state index contributed by atoms with van der Waals surface area (Å²) in [4.78, 5) is 21.0. The molecule has 1 saturated carbocycles. The van der Waals surface area contributed by atoms with Crippen molar-refractivity contribution < 1.29 is 14.7 Å². The number of urea groups is 1. The van der Waals surface area contributed by atoms with Gasteiger partial charge in [-0.05, 0) is 31.6 Å². The van der Waals surface area contributed by atoms with Crippen molar-refractivity contribution in [2.75, 3.05) is 0 Å². The maximum Gasteiger partial charge on any atom is 0.312 e. The van der Waals surface area contributed by atoms with E-state index in [1.807, 2.05) is 0 Å². The minimum atomic E-state index is -0.740. The van der Waals surface area contributed by atoms with Crippen LogP contribution in [0.3, 0.4) is 0 Å². The molecule has 80 valence electrons. The first-order chi connectivity index (χ1) is 6.58. The van der Waals surface area contributed by atoms with Crippen molar-refractivity contribution in [1.82, 2.24) is 5.32 Å². The number of nitrogens with one attached hydrogen (secondary N) is 1. The molecular weight excluding hydrogens is 184 g/mol. The fourth-order valence-electron chi connectivity index (χ4n) is 1.96. The molecule has 0 unspecified atom stereocenters. The van der Waals surface area contributed by atoms with E-state index in [-0.39, 0.29) is 18.4 Å². The fraction of sp³-hybridized carbons (Fsp3) is 0.778. The van der Waals surface area contributed by atoms with Crippen LogP contribution < -0.4 is 11.1 Å². The topological polar surface area (TPSA) is 92.4 Å². The lowest BCUT2D eigenvalue weighted by Crippen LogP contribution is -2.40. The van der Waals surface area contributed by atoms with E-state index in [0.29, 0.717) is 0 Å². The lowest BCUT2D eigenvalue weighted by atomic mass is 9.84. The van der Waals surface area contributed by atoms with Crippen LogP contribution in [0.15, 0.2) is 0 Å². The number of aliphatic carboxylic acids is 1. The van der Waals surface area contributed by atoms with E-state index in [9.17, 15) is 9.59 Å². The zero-order chi connectivity index (χ0) is 10.6. The van der Waals surface area contributed by atoms with Gasteiger partial charge in [-0.3, -0.25) is 4.79 Å². The molecule has 1 aliphatic carbocycles. The van der Waals surface area contributed by atoms with Gasteiger partial charge in [0.05, 0.1) is 0 Å². The Morgan fingerprint density at radius 3 is 2.29 bits per heavy atom. The van der Waals surface area contributed by atoms with Crippen LogP contribution in [-0.2, 0) is 4.79 Å². The van der Waals surface area contributed by atoms with Gasteiger partial charge in [0.1, 0.15) is 0 Å². The maximum absolute atomic E-state index is 10.5. The third-order valence-electron chi connectivity index (χ3n) is 2.66. The Bertz CT molecular complexity index is 198. The summed E-state index contributed by atoms with van der Waals surface area (Å²) in [5.74, 6) is -0.477. The Morgan fingerprint density at radius 2 is 1.86 bits per heavy atom. The molecule has 0 aromatic carbocycles. The molecule has 4 N–H and O–H groups in total. The Labute approximate surface area is 82.7 Å². The SMILES string of the molecule is NC(=O)NC1CCC(CC(=O)O)CC1. The summed E-state index contributed by atoms with van der Waals surface area (Å²) >= 11 is 0. The number of rotatable bonds is 3. The third-order valence-corrected chi connectivity index (χ3v) is 2.66. The molecule has 1 fully saturated rings. The Hall–Kier alpha value is -1.26. The number of carbonyl (C=O) groups excluding carboxylic acids is 1. The van der Waals surface area contributed by atoms with Crippen molar-refractivity contribution in [1.29, 1.82) is 0 Å². The second kappa shape index (κ2) is 4.83. The first-order valence-corrected chi connectivity index (χ1v) is 4.85. The van der Waals surface area contributed by atoms with Crippen LogP contribution in [0.2, 0.25) is 0 Å². The predicted octanol–water partition coefficient (Wildman–Crippen LogP) is 0.688. The first kappa shape index (κ1) is 10.8. The van der Waals surface area contributed by atoms with Crippen LogP contribution in [-0.4, -0.2) is 23.1 Å². The smallest absolute Gasteiger partial charge is 0.312 e. The van der Waals surface area contributed by atoms with Crippen molar-refractivity contribution in [3.05, 3.63) is 0 Å². The molecule has 5 heteroatoms. The molecule has 0 radical (unpaired) electrons. The van der Waals surface area contributed by atoms with Gasteiger partial charge in [-0.1, -0.05) is 0 Å². The molecule has 0 atom stereocenters. The fourth-order valence-corrected chi connectivity index (χ4v) is 1.96. The second-order valence-electron chi connectivity index (χ2n) is 3.82. The predicted molar refractivity (Wildman–Crippen MR) is 50.7 cm³/mol. The van der Waals surface area contributed by atoms with E-state index in [1.165, 1.54) is 0 Å². The number of carbonyl (C=O) groups is 2. The molecule has 5 nitrogen and oxygen atoms in total. The Morgan fingerprint density at radius 1 is 1.29 bits per heavy atom. The molecular formula is C9H16N2O3. The summed E-state index contributed by atoms with van der Waals surface area (Å²) in [7, 11) is 0. The van der Waals surface area contributed by atoms with E-state index >= 15 is 0 Å². The molecule has 14 heavy (non-hydrogen) atoms. The highest BCUT2D eigenvalue weighted by molar-refractivity contribution is 5.72. The molecule has 0 bridgehead atoms. The molecule has 1 rings (SSSR count). The zero-order valence-electron chi connectivity index (χ0n) is 8.03. The second-order valence-corrected chi connectivity index (χ2v) is 3.82. The van der Waals surface area contributed by atoms with Gasteiger partial charge in [0.25, 0.3) is 0 Å². The summed E-state index contributed by atoms with van der Waals surface area (Å²) < 4.78 is 0. The van der Waals surface area contributed by atoms with Crippen LogP contribution >= 0.6 is 0 Å². The molecule has 0 aromatic rings. The van der Waals surface area contributed by atoms with Gasteiger partial charge in [-0.25, -0.2) is 4.79 Å². The number of carboxylic acid groups (broad SMARTS) is 1. The van der Waals surface area contributed by atoms with E-state index in [2.05, 4.69) is 5.32 Å². The van der Waals surface area contributed by atoms with Gasteiger partial charge in [-0.15, -0.1) is 0 Å². The summed E-state index contributed by atoms with van der Waals surface area (Å²) in [5, 5.41) is 11.2. The van der Waals surface area contributed by atoms with Crippen molar-refractivity contribution in [2.24, 2.45) is 11.7 Å². The summed E-state index contributed by atoms with van der Waals surface area (Å²) in [6, 6.07) is -0.357. The summed E-state index contributed by atoms with van der Waals surface area (Å²) in [6.45, 7) is 0. The van der Waals surface area contributed by atoms with Crippen molar-refractivity contribution in [3.8, 4) is 0 Å². The number of nitrogens with two attached hydrogens (primary N) is 1. The highest BCUT2D eigenvalue weighted by atomic mass is 16.4. The van der Waals surface area contributed by atoms with E-state index in [1.54, 1.807) is 0 Å². The van der Waals surface area contributed by atoms with Crippen LogP contribution in [0, 0.1) is 5.92 Å². The standard InChI is InChI=1S/C9H16N2O3/c10-9(14)11-7-3-1-6(2-4-7)5-8(12)13/h6-7H,1-5H2,(H,12,13)(H3,10,11,14). The Kier molecular flexibility index (Phi) is 3.73. The minimum Gasteiger partial charge on any atom is -0.481 e. The van der Waals surface area contributed by atoms with E-state index in [0.717, 1.165) is 25.7 Å². The van der Waals surface area contributed by atoms with Crippen LogP contribution in [0.1, 0.15) is 32.1 Å². The van der Waals surface area contributed by atoms with Crippen LogP contribution in [0.5, 0.6) is 0 Å². The minimum absolute atomic E-state index is 0.137. The van der Waals surface area contributed by atoms with Crippen LogP contribution in [0.25, 0.3) is 0 Å². The molecule has 0 aliphatic heterocycles. The van der Waals surface area contributed by atoms with Gasteiger partial charge < -0.3 is 16.2 Å². The molecule has 0 aromatic heterocycles. The average Bonchev–Trinajstić information content (AvgIpc) is 2.06. The normalized spacial score (nSPS) is 26.9. The quantitative estimate of drug-likeness (QED) is 0.625. The van der Waals surface area contributed by atoms with Gasteiger partial charge in [0.2, 0.25) is 0 Å². The van der Waals surface area contributed by atoms with E-state index < -0.39 is 12.0 Å². The number of primary amides is 1. The van der Waals surface area contributed by atoms with Gasteiger partial charge in [0, 0.05) is 12.5 Å². The van der Waals surface area contributed by atoms with Crippen LogP contribution in [0.4, 0.5) is 4.79 Å². The van der Waals surface area contributed by atoms with Gasteiger partial charge in [0.15, 0.2) is 0 Å². The van der Waals surface area contributed by atoms with Gasteiger partial charge >= 0.3 is 12.0 Å². The summed E-state index contributed by atoms with van der Waals surface area (Å²) in [6.07, 6.45) is 3.62. The molecule has 0 saturated heterocycles. The van der Waals surface area contributed by atoms with E-state index in [4.69, 9.17) is 10.8 Å². The number of amides is 2. The first-order valence-electron chi connectivity index (χ1n) is 4.85. The van der Waals surface area contributed by atoms with Crippen molar-refractivity contribution in [3.63, 3.8) is 0 Å². The Balaban J connectivity index is 2.24. The third kappa shape index (κ3) is 3.64. The van der Waals surface area contributed by atoms with Crippen molar-refractivity contribution >= 4 is 12.0 Å². The monoisotopic (exact) mass is 200 g/mol. The zero-order valence-corrected chi connectivity index (χ0v) is 8.03. The number of carboxylic acids is 1. The molecule has 2 amide bonds. The highest BCUT2D eigenvalue weighted by Gasteiger charge is 2.23. The highest BCUT2D eigenvalue weighted by Crippen LogP contribution is 2.26. The average molecular weight is 200 g/mol. The molecule has 0 heterocycles. The molecule has 0 spiro atoms. The lowest BCUT2D eigenvalue weighted by Gasteiger charge is -2.27. The molecule has 1 aliphatic rings. The van der Waals surface area contributed by atoms with Gasteiger partial charge in [-0.2, -0.15) is 0 Å². The summed E-state index contributed by atoms with van der Waals surface area (Å²) in [5.41, 5.74) is 4.99.